The Hall–Kier alpha value is -2.08. The van der Waals surface area contributed by atoms with E-state index in [0.717, 1.165) is 17.9 Å². The molecule has 2 rings (SSSR count). The standard InChI is InChI=1S/C17H25N3O3/c1-4-23-15-8-6-5-7-13(15)12-20-10-9-18-17(22)14(20)11-16(21)19(2)3/h5-8,14H,4,9-12H2,1-3H3,(H,18,22)/t14-/m0/s1. The third-order valence-electron chi connectivity index (χ3n) is 3.95. The maximum atomic E-state index is 12.2. The first-order valence-electron chi connectivity index (χ1n) is 7.95. The summed E-state index contributed by atoms with van der Waals surface area (Å²) in [6.45, 7) is 4.46. The summed E-state index contributed by atoms with van der Waals surface area (Å²) in [5, 5.41) is 2.85. The molecule has 1 aliphatic rings. The Balaban J connectivity index is 2.15. The summed E-state index contributed by atoms with van der Waals surface area (Å²) in [6, 6.07) is 7.39. The molecular weight excluding hydrogens is 294 g/mol. The molecule has 6 nitrogen and oxygen atoms in total. The normalized spacial score (nSPS) is 18.4. The Labute approximate surface area is 137 Å². The summed E-state index contributed by atoms with van der Waals surface area (Å²) >= 11 is 0. The number of hydrogen-bond acceptors (Lipinski definition) is 4. The van der Waals surface area contributed by atoms with Crippen molar-refractivity contribution in [3.63, 3.8) is 0 Å². The number of hydrogen-bond donors (Lipinski definition) is 1. The highest BCUT2D eigenvalue weighted by Crippen LogP contribution is 2.22. The van der Waals surface area contributed by atoms with E-state index in [2.05, 4.69) is 10.2 Å². The minimum Gasteiger partial charge on any atom is -0.494 e. The number of carbonyl (C=O) groups excluding carboxylic acids is 2. The van der Waals surface area contributed by atoms with Gasteiger partial charge in [-0.1, -0.05) is 18.2 Å². The summed E-state index contributed by atoms with van der Waals surface area (Å²) in [6.07, 6.45) is 0.190. The molecule has 1 aliphatic heterocycles. The monoisotopic (exact) mass is 319 g/mol. The SMILES string of the molecule is CCOc1ccccc1CN1CCNC(=O)[C@@H]1CC(=O)N(C)C. The minimum absolute atomic E-state index is 0.0462. The summed E-state index contributed by atoms with van der Waals surface area (Å²) in [4.78, 5) is 27.8. The van der Waals surface area contributed by atoms with Crippen LogP contribution in [-0.2, 0) is 16.1 Å². The maximum Gasteiger partial charge on any atom is 0.237 e. The number of ether oxygens (including phenoxy) is 1. The fourth-order valence-electron chi connectivity index (χ4n) is 2.67. The minimum atomic E-state index is -0.437. The molecule has 0 unspecified atom stereocenters. The lowest BCUT2D eigenvalue weighted by atomic mass is 10.1. The number of benzene rings is 1. The molecule has 2 amide bonds. The molecule has 0 bridgehead atoms. The van der Waals surface area contributed by atoms with E-state index < -0.39 is 6.04 Å². The Morgan fingerprint density at radius 2 is 2.13 bits per heavy atom. The third kappa shape index (κ3) is 4.45. The van der Waals surface area contributed by atoms with Crippen LogP contribution >= 0.6 is 0 Å². The fourth-order valence-corrected chi connectivity index (χ4v) is 2.67. The van der Waals surface area contributed by atoms with Crippen LogP contribution in [0.3, 0.4) is 0 Å². The number of amides is 2. The number of piperazine rings is 1. The van der Waals surface area contributed by atoms with Crippen molar-refractivity contribution in [1.29, 1.82) is 0 Å². The Morgan fingerprint density at radius 3 is 2.83 bits per heavy atom. The Kier molecular flexibility index (Phi) is 5.98. The molecule has 1 N–H and O–H groups in total. The van der Waals surface area contributed by atoms with Gasteiger partial charge in [-0.25, -0.2) is 0 Å². The van der Waals surface area contributed by atoms with Gasteiger partial charge in [0, 0.05) is 39.3 Å². The van der Waals surface area contributed by atoms with E-state index in [-0.39, 0.29) is 18.2 Å². The quantitative estimate of drug-likeness (QED) is 0.845. The molecule has 6 heteroatoms. The van der Waals surface area contributed by atoms with Crippen LogP contribution in [0.5, 0.6) is 5.75 Å². The number of para-hydroxylation sites is 1. The molecule has 126 valence electrons. The number of nitrogens with zero attached hydrogens (tertiary/aromatic N) is 2. The van der Waals surface area contributed by atoms with Crippen molar-refractivity contribution in [2.24, 2.45) is 0 Å². The van der Waals surface area contributed by atoms with Gasteiger partial charge >= 0.3 is 0 Å². The first-order chi connectivity index (χ1) is 11.0. The Bertz CT molecular complexity index is 560. The van der Waals surface area contributed by atoms with Crippen molar-refractivity contribution in [2.45, 2.75) is 25.9 Å². The van der Waals surface area contributed by atoms with Gasteiger partial charge in [-0.3, -0.25) is 14.5 Å². The molecule has 1 saturated heterocycles. The fraction of sp³-hybridized carbons (Fsp3) is 0.529. The van der Waals surface area contributed by atoms with Crippen LogP contribution in [0.15, 0.2) is 24.3 Å². The van der Waals surface area contributed by atoms with Crippen LogP contribution < -0.4 is 10.1 Å². The molecule has 0 saturated carbocycles. The van der Waals surface area contributed by atoms with Crippen molar-refractivity contribution in [2.75, 3.05) is 33.8 Å². The molecule has 0 aromatic heterocycles. The zero-order valence-corrected chi connectivity index (χ0v) is 14.0. The molecule has 1 atom stereocenters. The van der Waals surface area contributed by atoms with Crippen LogP contribution in [0, 0.1) is 0 Å². The average molecular weight is 319 g/mol. The molecule has 0 aliphatic carbocycles. The lowest BCUT2D eigenvalue weighted by molar-refractivity contribution is -0.137. The second-order valence-electron chi connectivity index (χ2n) is 5.81. The van der Waals surface area contributed by atoms with Crippen LogP contribution in [0.2, 0.25) is 0 Å². The van der Waals surface area contributed by atoms with E-state index in [1.54, 1.807) is 14.1 Å². The van der Waals surface area contributed by atoms with Gasteiger partial charge in [0.1, 0.15) is 5.75 Å². The summed E-state index contributed by atoms with van der Waals surface area (Å²) < 4.78 is 5.66. The first-order valence-corrected chi connectivity index (χ1v) is 7.95. The van der Waals surface area contributed by atoms with Crippen molar-refractivity contribution >= 4 is 11.8 Å². The van der Waals surface area contributed by atoms with Crippen LogP contribution in [0.25, 0.3) is 0 Å². The lowest BCUT2D eigenvalue weighted by Crippen LogP contribution is -2.56. The zero-order chi connectivity index (χ0) is 16.8. The first kappa shape index (κ1) is 17.3. The van der Waals surface area contributed by atoms with E-state index in [4.69, 9.17) is 4.74 Å². The van der Waals surface area contributed by atoms with Gasteiger partial charge in [-0.2, -0.15) is 0 Å². The van der Waals surface area contributed by atoms with Crippen molar-refractivity contribution in [3.05, 3.63) is 29.8 Å². The second kappa shape index (κ2) is 7.97. The van der Waals surface area contributed by atoms with E-state index in [1.165, 1.54) is 4.90 Å². The van der Waals surface area contributed by atoms with E-state index in [9.17, 15) is 9.59 Å². The Morgan fingerprint density at radius 1 is 1.39 bits per heavy atom. The topological polar surface area (TPSA) is 61.9 Å². The summed E-state index contributed by atoms with van der Waals surface area (Å²) in [5.41, 5.74) is 1.03. The number of rotatable bonds is 6. The number of nitrogens with one attached hydrogen (secondary N) is 1. The van der Waals surface area contributed by atoms with E-state index in [1.807, 2.05) is 31.2 Å². The molecule has 23 heavy (non-hydrogen) atoms. The highest BCUT2D eigenvalue weighted by Gasteiger charge is 2.32. The van der Waals surface area contributed by atoms with Crippen molar-refractivity contribution in [3.8, 4) is 5.75 Å². The summed E-state index contributed by atoms with van der Waals surface area (Å²) in [7, 11) is 3.41. The van der Waals surface area contributed by atoms with Gasteiger partial charge in [0.2, 0.25) is 11.8 Å². The van der Waals surface area contributed by atoms with Gasteiger partial charge in [0.25, 0.3) is 0 Å². The molecule has 0 spiro atoms. The average Bonchev–Trinajstić information content (AvgIpc) is 2.52. The maximum absolute atomic E-state index is 12.2. The number of carbonyl (C=O) groups is 2. The van der Waals surface area contributed by atoms with Crippen LogP contribution in [0.1, 0.15) is 18.9 Å². The van der Waals surface area contributed by atoms with Gasteiger partial charge in [-0.15, -0.1) is 0 Å². The molecule has 1 fully saturated rings. The van der Waals surface area contributed by atoms with Gasteiger partial charge in [0.05, 0.1) is 19.1 Å². The summed E-state index contributed by atoms with van der Waals surface area (Å²) in [5.74, 6) is 0.703. The predicted octanol–water partition coefficient (Wildman–Crippen LogP) is 0.864. The molecule has 1 heterocycles. The second-order valence-corrected chi connectivity index (χ2v) is 5.81. The molecule has 0 radical (unpaired) electrons. The van der Waals surface area contributed by atoms with E-state index in [0.29, 0.717) is 19.7 Å². The van der Waals surface area contributed by atoms with Crippen LogP contribution in [-0.4, -0.2) is 61.4 Å². The zero-order valence-electron chi connectivity index (χ0n) is 14.0. The van der Waals surface area contributed by atoms with Crippen LogP contribution in [0.4, 0.5) is 0 Å². The van der Waals surface area contributed by atoms with E-state index >= 15 is 0 Å². The van der Waals surface area contributed by atoms with Crippen molar-refractivity contribution < 1.29 is 14.3 Å². The third-order valence-corrected chi connectivity index (χ3v) is 3.95. The van der Waals surface area contributed by atoms with Gasteiger partial charge in [0.15, 0.2) is 0 Å². The lowest BCUT2D eigenvalue weighted by Gasteiger charge is -2.35. The van der Waals surface area contributed by atoms with Gasteiger partial charge < -0.3 is 15.0 Å². The molecule has 1 aromatic carbocycles. The largest absolute Gasteiger partial charge is 0.494 e. The van der Waals surface area contributed by atoms with Gasteiger partial charge in [-0.05, 0) is 13.0 Å². The predicted molar refractivity (Wildman–Crippen MR) is 88.1 cm³/mol. The smallest absolute Gasteiger partial charge is 0.237 e. The highest BCUT2D eigenvalue weighted by molar-refractivity contribution is 5.88. The molecule has 1 aromatic rings. The van der Waals surface area contributed by atoms with Crippen molar-refractivity contribution in [1.82, 2.24) is 15.1 Å². The highest BCUT2D eigenvalue weighted by atomic mass is 16.5. The molecular formula is C17H25N3O3.